The van der Waals surface area contributed by atoms with Crippen LogP contribution in [0.15, 0.2) is 103 Å². The molecule has 0 saturated carbocycles. The minimum atomic E-state index is -1.14. The highest BCUT2D eigenvalue weighted by molar-refractivity contribution is 5.91. The molecular weight excluding hydrogens is 777 g/mol. The van der Waals surface area contributed by atoms with Gasteiger partial charge in [0.25, 0.3) is 5.91 Å². The van der Waals surface area contributed by atoms with Gasteiger partial charge in [-0.3, -0.25) is 9.59 Å². The van der Waals surface area contributed by atoms with E-state index in [9.17, 15) is 24.3 Å². The van der Waals surface area contributed by atoms with Crippen LogP contribution in [0, 0.1) is 0 Å². The van der Waals surface area contributed by atoms with Crippen molar-refractivity contribution in [3.8, 4) is 33.6 Å². The van der Waals surface area contributed by atoms with Gasteiger partial charge in [-0.15, -0.1) is 0 Å². The molecule has 4 aromatic carbocycles. The van der Waals surface area contributed by atoms with E-state index in [4.69, 9.17) is 9.72 Å². The second-order valence-electron chi connectivity index (χ2n) is 15.4. The summed E-state index contributed by atoms with van der Waals surface area (Å²) in [6.07, 6.45) is 4.02. The lowest BCUT2D eigenvalue weighted by Crippen LogP contribution is -2.53. The molecule has 2 aromatic heterocycles. The normalized spacial score (nSPS) is 17.8. The molecule has 0 bridgehead atoms. The number of H-pyrrole nitrogens is 2. The predicted octanol–water partition coefficient (Wildman–Crippen LogP) is 6.82. The molecule has 4 amide bonds. The third-order valence-corrected chi connectivity index (χ3v) is 11.6. The number of aliphatic hydroxyl groups is 1. The van der Waals surface area contributed by atoms with E-state index in [2.05, 4.69) is 84.9 Å². The second-order valence-corrected chi connectivity index (χ2v) is 15.4. The number of alkyl carbamates (subject to hydrolysis) is 2. The van der Waals surface area contributed by atoms with Crippen LogP contribution in [-0.4, -0.2) is 98.3 Å². The summed E-state index contributed by atoms with van der Waals surface area (Å²) in [7, 11) is 2.49. The van der Waals surface area contributed by atoms with Gasteiger partial charge in [0.15, 0.2) is 0 Å². The Hall–Kier alpha value is -7.00. The van der Waals surface area contributed by atoms with Crippen LogP contribution in [0.4, 0.5) is 9.59 Å². The number of hydrogen-bond acceptors (Lipinski definition) is 9. The lowest BCUT2D eigenvalue weighted by molar-refractivity contribution is -0.137. The Morgan fingerprint density at radius 1 is 0.672 bits per heavy atom. The number of aliphatic hydroxyl groups excluding tert-OH is 1. The third kappa shape index (κ3) is 8.55. The lowest BCUT2D eigenvalue weighted by atomic mass is 9.98. The van der Waals surface area contributed by atoms with E-state index in [1.165, 1.54) is 21.1 Å². The van der Waals surface area contributed by atoms with Gasteiger partial charge >= 0.3 is 12.2 Å². The molecule has 6 aromatic rings. The van der Waals surface area contributed by atoms with Crippen LogP contribution < -0.4 is 10.6 Å². The molecular formula is C46H48N8O7. The second kappa shape index (κ2) is 17.7. The minimum Gasteiger partial charge on any atom is -0.453 e. The number of nitrogens with zero attached hydrogens (tertiary/aromatic N) is 4. The number of benzene rings is 4. The minimum absolute atomic E-state index is 0.217. The number of carbonyl (C=O) groups is 4. The van der Waals surface area contributed by atoms with Crippen molar-refractivity contribution >= 4 is 34.8 Å². The van der Waals surface area contributed by atoms with Crippen molar-refractivity contribution < 1.29 is 33.8 Å². The highest BCUT2D eigenvalue weighted by Crippen LogP contribution is 2.36. The van der Waals surface area contributed by atoms with Crippen LogP contribution in [0.1, 0.15) is 67.9 Å². The zero-order valence-electron chi connectivity index (χ0n) is 34.1. The fourth-order valence-electron chi connectivity index (χ4n) is 8.40. The molecule has 0 radical (unpaired) electrons. The number of aromatic nitrogens is 4. The van der Waals surface area contributed by atoms with Crippen LogP contribution >= 0.6 is 0 Å². The summed E-state index contributed by atoms with van der Waals surface area (Å²) in [5, 5.41) is 17.6. The maximum Gasteiger partial charge on any atom is 0.407 e. The summed E-state index contributed by atoms with van der Waals surface area (Å²) in [6, 6.07) is 27.4. The molecule has 4 heterocycles. The Morgan fingerprint density at radius 3 is 1.77 bits per heavy atom. The summed E-state index contributed by atoms with van der Waals surface area (Å²) in [4.78, 5) is 71.1. The summed E-state index contributed by atoms with van der Waals surface area (Å²) >= 11 is 0. The van der Waals surface area contributed by atoms with Gasteiger partial charge in [-0.2, -0.15) is 0 Å². The number of fused-ring (bicyclic) bond motifs is 1. The average molecular weight is 825 g/mol. The number of hydrogen-bond donors (Lipinski definition) is 5. The van der Waals surface area contributed by atoms with E-state index in [0.29, 0.717) is 36.7 Å². The number of imidazole rings is 2. The molecule has 5 unspecified atom stereocenters. The number of rotatable bonds is 11. The summed E-state index contributed by atoms with van der Waals surface area (Å²) in [5.41, 5.74) is 6.37. The van der Waals surface area contributed by atoms with Crippen molar-refractivity contribution in [2.75, 3.05) is 27.3 Å². The SMILES string of the molecule is COC(=O)NC(C(=O)N1CCCC1c1ncc(-c2ccc(-c3ccc4cc(-c5cnc(C6CCCN6C(=O)C(NC(=O)OC)C(C)O)[nH]5)ccc4c3)cc2)[nH]1)c1ccccc1. The number of aromatic amines is 2. The molecule has 15 heteroatoms. The van der Waals surface area contributed by atoms with E-state index < -0.39 is 30.4 Å². The molecule has 61 heavy (non-hydrogen) atoms. The number of amides is 4. The topological polar surface area (TPSA) is 195 Å². The fraction of sp³-hybridized carbons (Fsp3) is 0.304. The van der Waals surface area contributed by atoms with E-state index >= 15 is 0 Å². The van der Waals surface area contributed by atoms with Crippen LogP contribution in [0.25, 0.3) is 44.4 Å². The molecule has 2 aliphatic heterocycles. The number of likely N-dealkylation sites (tertiary alicyclic amines) is 2. The number of methoxy groups -OCH3 is 2. The molecule has 0 aliphatic carbocycles. The van der Waals surface area contributed by atoms with E-state index in [1.807, 2.05) is 36.4 Å². The Morgan fingerprint density at radius 2 is 1.18 bits per heavy atom. The first-order valence-corrected chi connectivity index (χ1v) is 20.4. The molecule has 2 fully saturated rings. The summed E-state index contributed by atoms with van der Waals surface area (Å²) in [5.74, 6) is 0.733. The molecule has 2 saturated heterocycles. The van der Waals surface area contributed by atoms with Gasteiger partial charge in [0.05, 0.1) is 56.2 Å². The first-order chi connectivity index (χ1) is 29.6. The molecule has 2 aliphatic rings. The number of nitrogens with one attached hydrogen (secondary N) is 4. The van der Waals surface area contributed by atoms with E-state index in [0.717, 1.165) is 63.7 Å². The van der Waals surface area contributed by atoms with Crippen molar-refractivity contribution in [2.24, 2.45) is 0 Å². The van der Waals surface area contributed by atoms with Gasteiger partial charge in [-0.1, -0.05) is 78.9 Å². The Bertz CT molecular complexity index is 2540. The van der Waals surface area contributed by atoms with Gasteiger partial charge < -0.3 is 45.0 Å². The third-order valence-electron chi connectivity index (χ3n) is 11.6. The van der Waals surface area contributed by atoms with Crippen LogP contribution in [0.3, 0.4) is 0 Å². The smallest absolute Gasteiger partial charge is 0.407 e. The van der Waals surface area contributed by atoms with Gasteiger partial charge in [-0.05, 0) is 77.8 Å². The van der Waals surface area contributed by atoms with Gasteiger partial charge in [-0.25, -0.2) is 19.6 Å². The van der Waals surface area contributed by atoms with Gasteiger partial charge in [0, 0.05) is 18.7 Å². The van der Waals surface area contributed by atoms with E-state index in [1.54, 1.807) is 22.2 Å². The maximum atomic E-state index is 13.9. The Balaban J connectivity index is 0.942. The molecule has 314 valence electrons. The highest BCUT2D eigenvalue weighted by atomic mass is 16.5. The van der Waals surface area contributed by atoms with Gasteiger partial charge in [0.1, 0.15) is 23.7 Å². The Labute approximate surface area is 352 Å². The predicted molar refractivity (Wildman–Crippen MR) is 228 cm³/mol. The van der Waals surface area contributed by atoms with Crippen molar-refractivity contribution in [3.05, 3.63) is 121 Å². The Kier molecular flexibility index (Phi) is 11.8. The largest absolute Gasteiger partial charge is 0.453 e. The van der Waals surface area contributed by atoms with Crippen LogP contribution in [0.5, 0.6) is 0 Å². The lowest BCUT2D eigenvalue weighted by Gasteiger charge is -2.29. The number of carbonyl (C=O) groups excluding carboxylic acids is 4. The summed E-state index contributed by atoms with van der Waals surface area (Å²) in [6.45, 7) is 2.49. The molecule has 5 atom stereocenters. The van der Waals surface area contributed by atoms with E-state index in [-0.39, 0.29) is 23.9 Å². The number of ether oxygens (including phenoxy) is 2. The molecule has 5 N–H and O–H groups in total. The fourth-order valence-corrected chi connectivity index (χ4v) is 8.40. The molecule has 8 rings (SSSR count). The van der Waals surface area contributed by atoms with Crippen molar-refractivity contribution in [1.29, 1.82) is 0 Å². The zero-order chi connectivity index (χ0) is 42.6. The van der Waals surface area contributed by atoms with Crippen molar-refractivity contribution in [1.82, 2.24) is 40.4 Å². The average Bonchev–Trinajstić information content (AvgIpc) is 4.14. The van der Waals surface area contributed by atoms with Crippen LogP contribution in [0.2, 0.25) is 0 Å². The first kappa shape index (κ1) is 40.8. The van der Waals surface area contributed by atoms with Crippen LogP contribution in [-0.2, 0) is 19.1 Å². The van der Waals surface area contributed by atoms with Crippen molar-refractivity contribution in [2.45, 2.75) is 62.9 Å². The maximum absolute atomic E-state index is 13.9. The van der Waals surface area contributed by atoms with Gasteiger partial charge in [0.2, 0.25) is 5.91 Å². The highest BCUT2D eigenvalue weighted by Gasteiger charge is 2.39. The zero-order valence-corrected chi connectivity index (χ0v) is 34.1. The monoisotopic (exact) mass is 824 g/mol. The first-order valence-electron chi connectivity index (χ1n) is 20.4. The molecule has 0 spiro atoms. The standard InChI is InChI=1S/C46H48N8O7/c1-27(55)39(51-45(58)60-2)43(56)53-21-7-11-37(53)42-48-26-36(50-42)34-20-19-32-23-31(17-18-33(32)24-34)28-13-15-29(16-14-28)35-25-47-41(49-35)38-12-8-22-54(38)44(57)40(52-46(59)61-3)30-9-5-4-6-10-30/h4-6,9-10,13-20,23-27,37-40,55H,7-8,11-12,21-22H2,1-3H3,(H,47,49)(H,48,50)(H,51,58)(H,52,59). The quantitative estimate of drug-likeness (QED) is 0.0932. The molecule has 15 nitrogen and oxygen atoms in total. The van der Waals surface area contributed by atoms with Crippen molar-refractivity contribution in [3.63, 3.8) is 0 Å². The summed E-state index contributed by atoms with van der Waals surface area (Å²) < 4.78 is 9.49.